The fraction of sp³-hybridized carbons (Fsp3) is 0.500. The van der Waals surface area contributed by atoms with Crippen LogP contribution in [0.5, 0.6) is 0 Å². The van der Waals surface area contributed by atoms with Gasteiger partial charge in [0.1, 0.15) is 0 Å². The van der Waals surface area contributed by atoms with Crippen LogP contribution in [0.25, 0.3) is 0 Å². The van der Waals surface area contributed by atoms with Gasteiger partial charge in [0.05, 0.1) is 5.56 Å². The van der Waals surface area contributed by atoms with E-state index >= 15 is 0 Å². The molecule has 1 fully saturated rings. The van der Waals surface area contributed by atoms with Crippen LogP contribution >= 0.6 is 0 Å². The lowest BCUT2D eigenvalue weighted by molar-refractivity contribution is 0.0698. The number of carboxylic acid groups (broad SMARTS) is 1. The molecule has 1 aromatic carbocycles. The largest absolute Gasteiger partial charge is 0.478 e. The van der Waals surface area contributed by atoms with E-state index in [-0.39, 0.29) is 5.56 Å². The van der Waals surface area contributed by atoms with Gasteiger partial charge in [0.15, 0.2) is 0 Å². The third-order valence-corrected chi connectivity index (χ3v) is 3.63. The summed E-state index contributed by atoms with van der Waals surface area (Å²) in [5, 5.41) is 12.4. The molecule has 0 radical (unpaired) electrons. The molecule has 0 bridgehead atoms. The molecule has 1 heterocycles. The molecular formula is C14H21N3O2. The normalized spacial score (nSPS) is 17.3. The molecule has 1 unspecified atom stereocenters. The smallest absolute Gasteiger partial charge is 0.337 e. The highest BCUT2D eigenvalue weighted by atomic mass is 16.4. The molecule has 104 valence electrons. The molecule has 0 aromatic heterocycles. The molecule has 1 aliphatic rings. The molecule has 0 amide bonds. The lowest BCUT2D eigenvalue weighted by Gasteiger charge is -2.24. The molecule has 0 saturated carbocycles. The molecule has 1 saturated heterocycles. The van der Waals surface area contributed by atoms with Gasteiger partial charge >= 0.3 is 5.97 Å². The number of anilines is 2. The monoisotopic (exact) mass is 263 g/mol. The first kappa shape index (κ1) is 13.7. The third kappa shape index (κ3) is 3.38. The Hall–Kier alpha value is -1.75. The number of nitrogens with two attached hydrogens (primary N) is 1. The highest BCUT2D eigenvalue weighted by Crippen LogP contribution is 2.20. The van der Waals surface area contributed by atoms with Gasteiger partial charge in [-0.15, -0.1) is 0 Å². The minimum Gasteiger partial charge on any atom is -0.478 e. The standard InChI is InChI=1S/C14H21N3O2/c1-10(17-6-2-3-7-17)9-16-13-5-4-11(15)8-12(13)14(18)19/h4-5,8,10,16H,2-3,6-7,9,15H2,1H3,(H,18,19). The minimum absolute atomic E-state index is 0.230. The summed E-state index contributed by atoms with van der Waals surface area (Å²) in [7, 11) is 0. The van der Waals surface area contributed by atoms with Crippen LogP contribution in [0.1, 0.15) is 30.1 Å². The second-order valence-electron chi connectivity index (χ2n) is 5.08. The molecule has 4 N–H and O–H groups in total. The van der Waals surface area contributed by atoms with Crippen molar-refractivity contribution in [3.8, 4) is 0 Å². The van der Waals surface area contributed by atoms with Gasteiger partial charge in [-0.05, 0) is 51.1 Å². The number of hydrogen-bond donors (Lipinski definition) is 3. The van der Waals surface area contributed by atoms with E-state index < -0.39 is 5.97 Å². The summed E-state index contributed by atoms with van der Waals surface area (Å²) in [6.07, 6.45) is 2.51. The van der Waals surface area contributed by atoms with E-state index in [1.54, 1.807) is 12.1 Å². The van der Waals surface area contributed by atoms with Gasteiger partial charge in [-0.25, -0.2) is 4.79 Å². The highest BCUT2D eigenvalue weighted by molar-refractivity contribution is 5.95. The van der Waals surface area contributed by atoms with Crippen LogP contribution in [-0.2, 0) is 0 Å². The number of nitrogens with zero attached hydrogens (tertiary/aromatic N) is 1. The average Bonchev–Trinajstić information content (AvgIpc) is 2.90. The number of hydrogen-bond acceptors (Lipinski definition) is 4. The van der Waals surface area contributed by atoms with E-state index in [0.717, 1.165) is 19.6 Å². The predicted molar refractivity (Wildman–Crippen MR) is 76.6 cm³/mol. The lowest BCUT2D eigenvalue weighted by atomic mass is 10.1. The van der Waals surface area contributed by atoms with E-state index in [1.807, 2.05) is 0 Å². The van der Waals surface area contributed by atoms with Crippen molar-refractivity contribution in [3.63, 3.8) is 0 Å². The van der Waals surface area contributed by atoms with Crippen molar-refractivity contribution in [3.05, 3.63) is 23.8 Å². The Morgan fingerprint density at radius 3 is 2.79 bits per heavy atom. The molecule has 1 atom stereocenters. The van der Waals surface area contributed by atoms with Crippen molar-refractivity contribution >= 4 is 17.3 Å². The number of nitrogen functional groups attached to an aromatic ring is 1. The molecule has 1 aromatic rings. The summed E-state index contributed by atoms with van der Waals surface area (Å²) in [5.41, 5.74) is 6.95. The fourth-order valence-corrected chi connectivity index (χ4v) is 2.46. The maximum atomic E-state index is 11.2. The van der Waals surface area contributed by atoms with Gasteiger partial charge in [0.25, 0.3) is 0 Å². The number of carbonyl (C=O) groups is 1. The number of likely N-dealkylation sites (tertiary alicyclic amines) is 1. The second-order valence-corrected chi connectivity index (χ2v) is 5.08. The zero-order chi connectivity index (χ0) is 13.8. The summed E-state index contributed by atoms with van der Waals surface area (Å²) in [4.78, 5) is 13.6. The first-order valence-electron chi connectivity index (χ1n) is 6.68. The van der Waals surface area contributed by atoms with Crippen LogP contribution in [0.2, 0.25) is 0 Å². The van der Waals surface area contributed by atoms with Crippen LogP contribution in [-0.4, -0.2) is 41.7 Å². The number of rotatable bonds is 5. The number of benzene rings is 1. The van der Waals surface area contributed by atoms with Crippen molar-refractivity contribution in [2.24, 2.45) is 0 Å². The van der Waals surface area contributed by atoms with Crippen molar-refractivity contribution < 1.29 is 9.90 Å². The van der Waals surface area contributed by atoms with Gasteiger partial charge in [0.2, 0.25) is 0 Å². The number of aromatic carboxylic acids is 1. The Kier molecular flexibility index (Phi) is 4.27. The number of carboxylic acids is 1. The van der Waals surface area contributed by atoms with Crippen LogP contribution in [0.3, 0.4) is 0 Å². The Labute approximate surface area is 113 Å². The molecule has 5 heteroatoms. The van der Waals surface area contributed by atoms with Crippen molar-refractivity contribution in [2.45, 2.75) is 25.8 Å². The first-order valence-corrected chi connectivity index (χ1v) is 6.68. The van der Waals surface area contributed by atoms with Crippen LogP contribution in [0.15, 0.2) is 18.2 Å². The van der Waals surface area contributed by atoms with Crippen molar-refractivity contribution in [1.82, 2.24) is 4.90 Å². The highest BCUT2D eigenvalue weighted by Gasteiger charge is 2.18. The van der Waals surface area contributed by atoms with Crippen LogP contribution in [0, 0.1) is 0 Å². The molecule has 2 rings (SSSR count). The quantitative estimate of drug-likeness (QED) is 0.707. The van der Waals surface area contributed by atoms with Crippen LogP contribution < -0.4 is 11.1 Å². The van der Waals surface area contributed by atoms with Gasteiger partial charge in [-0.2, -0.15) is 0 Å². The topological polar surface area (TPSA) is 78.6 Å². The van der Waals surface area contributed by atoms with E-state index in [4.69, 9.17) is 10.8 Å². The van der Waals surface area contributed by atoms with Crippen molar-refractivity contribution in [1.29, 1.82) is 0 Å². The Balaban J connectivity index is 2.00. The Bertz CT molecular complexity index is 456. The zero-order valence-corrected chi connectivity index (χ0v) is 11.2. The number of nitrogens with one attached hydrogen (secondary N) is 1. The maximum absolute atomic E-state index is 11.2. The SMILES string of the molecule is CC(CNc1ccc(N)cc1C(=O)O)N1CCCC1. The molecule has 0 aliphatic carbocycles. The average molecular weight is 263 g/mol. The van der Waals surface area contributed by atoms with E-state index in [0.29, 0.717) is 17.4 Å². The molecule has 1 aliphatic heterocycles. The summed E-state index contributed by atoms with van der Waals surface area (Å²) < 4.78 is 0. The summed E-state index contributed by atoms with van der Waals surface area (Å²) in [5.74, 6) is -0.955. The van der Waals surface area contributed by atoms with E-state index in [1.165, 1.54) is 18.9 Å². The van der Waals surface area contributed by atoms with E-state index in [9.17, 15) is 4.79 Å². The van der Waals surface area contributed by atoms with Gasteiger partial charge in [-0.3, -0.25) is 4.90 Å². The Morgan fingerprint density at radius 1 is 1.47 bits per heavy atom. The molecular weight excluding hydrogens is 242 g/mol. The second kappa shape index (κ2) is 5.93. The minimum atomic E-state index is -0.955. The van der Waals surface area contributed by atoms with Crippen molar-refractivity contribution in [2.75, 3.05) is 30.7 Å². The summed E-state index contributed by atoms with van der Waals surface area (Å²) >= 11 is 0. The lowest BCUT2D eigenvalue weighted by Crippen LogP contribution is -2.35. The Morgan fingerprint density at radius 2 is 2.16 bits per heavy atom. The summed E-state index contributed by atoms with van der Waals surface area (Å²) in [6.45, 7) is 5.17. The summed E-state index contributed by atoms with van der Waals surface area (Å²) in [6, 6.07) is 5.34. The molecule has 19 heavy (non-hydrogen) atoms. The predicted octanol–water partition coefficient (Wildman–Crippen LogP) is 1.86. The first-order chi connectivity index (χ1) is 9.08. The third-order valence-electron chi connectivity index (χ3n) is 3.63. The molecule has 5 nitrogen and oxygen atoms in total. The van der Waals surface area contributed by atoms with Gasteiger partial charge in [0, 0.05) is 24.0 Å². The maximum Gasteiger partial charge on any atom is 0.337 e. The zero-order valence-electron chi connectivity index (χ0n) is 11.2. The van der Waals surface area contributed by atoms with Crippen LogP contribution in [0.4, 0.5) is 11.4 Å². The molecule has 0 spiro atoms. The van der Waals surface area contributed by atoms with Gasteiger partial charge in [-0.1, -0.05) is 0 Å². The van der Waals surface area contributed by atoms with Gasteiger partial charge < -0.3 is 16.2 Å². The van der Waals surface area contributed by atoms with E-state index in [2.05, 4.69) is 17.1 Å². The fourth-order valence-electron chi connectivity index (χ4n) is 2.46.